The number of hydrogen-bond donors (Lipinski definition) is 0. The van der Waals surface area contributed by atoms with Crippen molar-refractivity contribution in [1.29, 1.82) is 0 Å². The largest absolute Gasteiger partial charge is 0.203 e. The molecule has 0 nitrogen and oxygen atoms in total. The van der Waals surface area contributed by atoms with Crippen molar-refractivity contribution in [2.75, 3.05) is 0 Å². The lowest BCUT2D eigenvalue weighted by Gasteiger charge is -2.31. The van der Waals surface area contributed by atoms with Crippen LogP contribution in [0.4, 0.5) is 8.78 Å². The van der Waals surface area contributed by atoms with Gasteiger partial charge in [0, 0.05) is 5.39 Å². The molecule has 2 aliphatic rings. The lowest BCUT2D eigenvalue weighted by atomic mass is 9.74. The van der Waals surface area contributed by atoms with Crippen LogP contribution in [0.2, 0.25) is 0 Å². The Bertz CT molecular complexity index is 914. The zero-order valence-electron chi connectivity index (χ0n) is 20.6. The van der Waals surface area contributed by atoms with E-state index in [0.717, 1.165) is 42.4 Å². The first-order chi connectivity index (χ1) is 16.1. The van der Waals surface area contributed by atoms with Crippen molar-refractivity contribution in [2.45, 2.75) is 103 Å². The molecule has 0 radical (unpaired) electrons. The lowest BCUT2D eigenvalue weighted by Crippen LogP contribution is -2.17. The Morgan fingerprint density at radius 3 is 2.15 bits per heavy atom. The van der Waals surface area contributed by atoms with Gasteiger partial charge in [0.25, 0.3) is 0 Å². The van der Waals surface area contributed by atoms with Crippen molar-refractivity contribution < 1.29 is 8.78 Å². The third-order valence-electron chi connectivity index (χ3n) is 8.69. The number of rotatable bonds is 9. The van der Waals surface area contributed by atoms with Crippen molar-refractivity contribution in [1.82, 2.24) is 0 Å². The Morgan fingerprint density at radius 2 is 1.52 bits per heavy atom. The number of fused-ring (bicyclic) bond motifs is 1. The number of benzene rings is 2. The van der Waals surface area contributed by atoms with Crippen LogP contribution >= 0.6 is 0 Å². The predicted molar refractivity (Wildman–Crippen MR) is 137 cm³/mol. The number of allylic oxidation sites excluding steroid dienone is 1. The van der Waals surface area contributed by atoms with E-state index in [1.165, 1.54) is 69.8 Å². The summed E-state index contributed by atoms with van der Waals surface area (Å²) in [6.45, 7) is 6.09. The van der Waals surface area contributed by atoms with Crippen LogP contribution in [-0.2, 0) is 6.42 Å². The first-order valence-corrected chi connectivity index (χ1v) is 13.6. The molecule has 2 aliphatic carbocycles. The fraction of sp³-hybridized carbons (Fsp3) is 0.613. The van der Waals surface area contributed by atoms with E-state index in [-0.39, 0.29) is 0 Å². The lowest BCUT2D eigenvalue weighted by molar-refractivity contribution is 0.246. The van der Waals surface area contributed by atoms with Gasteiger partial charge in [0.2, 0.25) is 0 Å². The van der Waals surface area contributed by atoms with Crippen LogP contribution in [0.1, 0.15) is 107 Å². The van der Waals surface area contributed by atoms with Gasteiger partial charge < -0.3 is 0 Å². The predicted octanol–water partition coefficient (Wildman–Crippen LogP) is 9.90. The van der Waals surface area contributed by atoms with E-state index < -0.39 is 11.6 Å². The molecule has 0 atom stereocenters. The Morgan fingerprint density at radius 1 is 0.848 bits per heavy atom. The van der Waals surface area contributed by atoms with Gasteiger partial charge in [-0.3, -0.25) is 0 Å². The number of hydrogen-bond acceptors (Lipinski definition) is 0. The van der Waals surface area contributed by atoms with Gasteiger partial charge in [0.15, 0.2) is 11.6 Å². The summed E-state index contributed by atoms with van der Waals surface area (Å²) in [5.74, 6) is 1.72. The second-order valence-electron chi connectivity index (χ2n) is 10.9. The van der Waals surface area contributed by atoms with E-state index in [9.17, 15) is 8.78 Å². The molecule has 0 bridgehead atoms. The van der Waals surface area contributed by atoms with Crippen molar-refractivity contribution in [3.05, 3.63) is 59.7 Å². The molecule has 0 aliphatic heterocycles. The van der Waals surface area contributed by atoms with E-state index in [1.807, 2.05) is 18.2 Å². The molecule has 0 unspecified atom stereocenters. The first kappa shape index (κ1) is 24.4. The van der Waals surface area contributed by atoms with Gasteiger partial charge in [-0.05, 0) is 117 Å². The van der Waals surface area contributed by atoms with E-state index >= 15 is 0 Å². The average molecular weight is 453 g/mol. The van der Waals surface area contributed by atoms with Gasteiger partial charge in [-0.15, -0.1) is 6.58 Å². The molecule has 2 aromatic rings. The molecule has 2 saturated carbocycles. The molecule has 33 heavy (non-hydrogen) atoms. The van der Waals surface area contributed by atoms with E-state index in [2.05, 4.69) is 25.6 Å². The van der Waals surface area contributed by atoms with Crippen molar-refractivity contribution in [3.63, 3.8) is 0 Å². The molecule has 0 saturated heterocycles. The number of aryl methyl sites for hydroxylation is 1. The summed E-state index contributed by atoms with van der Waals surface area (Å²) in [5.41, 5.74) is 1.72. The zero-order valence-corrected chi connectivity index (χ0v) is 20.6. The fourth-order valence-electron chi connectivity index (χ4n) is 6.37. The minimum Gasteiger partial charge on any atom is -0.203 e. The van der Waals surface area contributed by atoms with Gasteiger partial charge in [0.1, 0.15) is 0 Å². The summed E-state index contributed by atoms with van der Waals surface area (Å²) in [7, 11) is 0. The normalized spacial score (nSPS) is 25.9. The third-order valence-corrected chi connectivity index (χ3v) is 8.69. The molecule has 2 aromatic carbocycles. The maximum Gasteiger partial charge on any atom is 0.166 e. The minimum absolute atomic E-state index is 0.460. The monoisotopic (exact) mass is 452 g/mol. The molecule has 2 fully saturated rings. The van der Waals surface area contributed by atoms with Crippen molar-refractivity contribution >= 4 is 10.8 Å². The highest BCUT2D eigenvalue weighted by molar-refractivity contribution is 5.85. The van der Waals surface area contributed by atoms with Crippen LogP contribution in [0.15, 0.2) is 36.9 Å². The van der Waals surface area contributed by atoms with Crippen LogP contribution in [0.3, 0.4) is 0 Å². The zero-order chi connectivity index (χ0) is 23.2. The van der Waals surface area contributed by atoms with E-state index in [1.54, 1.807) is 0 Å². The quantitative estimate of drug-likeness (QED) is 0.262. The fourth-order valence-corrected chi connectivity index (χ4v) is 6.37. The molecule has 0 aromatic heterocycles. The highest BCUT2D eigenvalue weighted by Gasteiger charge is 2.25. The highest BCUT2D eigenvalue weighted by atomic mass is 19.2. The first-order valence-electron chi connectivity index (χ1n) is 13.6. The summed E-state index contributed by atoms with van der Waals surface area (Å²) < 4.78 is 29.6. The summed E-state index contributed by atoms with van der Waals surface area (Å²) in [6, 6.07) is 7.99. The maximum absolute atomic E-state index is 14.9. The van der Waals surface area contributed by atoms with Gasteiger partial charge in [-0.1, -0.05) is 50.8 Å². The van der Waals surface area contributed by atoms with Crippen molar-refractivity contribution in [3.8, 4) is 0 Å². The molecule has 0 amide bonds. The average Bonchev–Trinajstić information content (AvgIpc) is 2.86. The van der Waals surface area contributed by atoms with Crippen LogP contribution in [0, 0.1) is 29.4 Å². The second-order valence-corrected chi connectivity index (χ2v) is 10.9. The summed E-state index contributed by atoms with van der Waals surface area (Å²) in [6.07, 6.45) is 18.9. The van der Waals surface area contributed by atoms with E-state index in [0.29, 0.717) is 23.3 Å². The van der Waals surface area contributed by atoms with Crippen LogP contribution in [0.25, 0.3) is 10.8 Å². The molecule has 0 heterocycles. The Kier molecular flexibility index (Phi) is 8.61. The van der Waals surface area contributed by atoms with Crippen LogP contribution in [-0.4, -0.2) is 0 Å². The Labute approximate surface area is 199 Å². The van der Waals surface area contributed by atoms with Crippen LogP contribution < -0.4 is 0 Å². The second kappa shape index (κ2) is 11.6. The van der Waals surface area contributed by atoms with Gasteiger partial charge >= 0.3 is 0 Å². The highest BCUT2D eigenvalue weighted by Crippen LogP contribution is 2.41. The smallest absolute Gasteiger partial charge is 0.166 e. The topological polar surface area (TPSA) is 0 Å². The molecule has 180 valence electrons. The third kappa shape index (κ3) is 6.06. The molecular formula is C31H42F2. The summed E-state index contributed by atoms with van der Waals surface area (Å²) in [4.78, 5) is 0. The van der Waals surface area contributed by atoms with Gasteiger partial charge in [-0.2, -0.15) is 0 Å². The van der Waals surface area contributed by atoms with Gasteiger partial charge in [0.05, 0.1) is 0 Å². The van der Waals surface area contributed by atoms with E-state index in [4.69, 9.17) is 0 Å². The summed E-state index contributed by atoms with van der Waals surface area (Å²) in [5, 5.41) is 1.30. The summed E-state index contributed by atoms with van der Waals surface area (Å²) >= 11 is 0. The molecular weight excluding hydrogens is 410 g/mol. The number of halogens is 2. The standard InChI is InChI=1S/C31H42F2/c1-3-5-6-7-28-20-27-19-18-26(21-29(27)31(33)30(28)32)25-16-14-24(15-17-25)13-12-23-10-8-22(4-2)9-11-23/h4,18-25H,2-3,5-17H2,1H3. The Balaban J connectivity index is 1.33. The molecule has 0 spiro atoms. The molecule has 0 N–H and O–H groups in total. The molecule has 4 rings (SSSR count). The van der Waals surface area contributed by atoms with Gasteiger partial charge in [-0.25, -0.2) is 8.78 Å². The van der Waals surface area contributed by atoms with Crippen LogP contribution in [0.5, 0.6) is 0 Å². The number of unbranched alkanes of at least 4 members (excludes halogenated alkanes) is 2. The minimum atomic E-state index is -0.652. The SMILES string of the molecule is C=CC1CCC(CCC2CCC(c3ccc4cc(CCCCC)c(F)c(F)c4c3)CC2)CC1. The maximum atomic E-state index is 14.9. The molecule has 2 heteroatoms. The Hall–Kier alpha value is -1.70. The van der Waals surface area contributed by atoms with Crippen molar-refractivity contribution in [2.24, 2.45) is 17.8 Å².